The summed E-state index contributed by atoms with van der Waals surface area (Å²) in [6.07, 6.45) is 0. The summed E-state index contributed by atoms with van der Waals surface area (Å²) < 4.78 is 13.7. The Kier molecular flexibility index (Phi) is 2.98. The Balaban J connectivity index is 1.80. The molecule has 5 nitrogen and oxygen atoms in total. The zero-order chi connectivity index (χ0) is 15.4. The van der Waals surface area contributed by atoms with E-state index in [1.807, 2.05) is 0 Å². The second-order valence-electron chi connectivity index (χ2n) is 5.74. The molecule has 1 aromatic carbocycles. The number of hydrogen-bond donors (Lipinski definition) is 2. The predicted molar refractivity (Wildman–Crippen MR) is 76.6 cm³/mol. The maximum absolute atomic E-state index is 13.1. The van der Waals surface area contributed by atoms with Crippen molar-refractivity contribution in [3.63, 3.8) is 0 Å². The van der Waals surface area contributed by atoms with Crippen LogP contribution in [0.5, 0.6) is 0 Å². The van der Waals surface area contributed by atoms with Gasteiger partial charge in [0, 0.05) is 0 Å². The van der Waals surface area contributed by atoms with Crippen LogP contribution in [0.2, 0.25) is 0 Å². The minimum atomic E-state index is -0.966. The molecule has 0 aliphatic heterocycles. The van der Waals surface area contributed by atoms with Crippen LogP contribution in [0.1, 0.15) is 13.8 Å². The topological polar surface area (TPSA) is 79.3 Å². The first-order valence-electron chi connectivity index (χ1n) is 6.40. The number of fused-ring (bicyclic) bond motifs is 1. The SMILES string of the molecule is CC1(C)[C@H](C(=O)O)[C@@H]1C(=O)Nc1nc2ccc(F)cc2s1. The molecule has 1 fully saturated rings. The van der Waals surface area contributed by atoms with Crippen molar-refractivity contribution in [3.05, 3.63) is 24.0 Å². The lowest BCUT2D eigenvalue weighted by molar-refractivity contribution is -0.140. The van der Waals surface area contributed by atoms with Gasteiger partial charge in [0.25, 0.3) is 0 Å². The fourth-order valence-electron chi connectivity index (χ4n) is 2.72. The lowest BCUT2D eigenvalue weighted by Crippen LogP contribution is -2.17. The summed E-state index contributed by atoms with van der Waals surface area (Å²) in [7, 11) is 0. The molecule has 1 aliphatic carbocycles. The van der Waals surface area contributed by atoms with Crippen molar-refractivity contribution in [1.29, 1.82) is 0 Å². The second-order valence-corrected chi connectivity index (χ2v) is 6.77. The van der Waals surface area contributed by atoms with Gasteiger partial charge in [0.2, 0.25) is 5.91 Å². The number of carbonyl (C=O) groups excluding carboxylic acids is 1. The van der Waals surface area contributed by atoms with Crippen molar-refractivity contribution in [3.8, 4) is 0 Å². The summed E-state index contributed by atoms with van der Waals surface area (Å²) in [5.74, 6) is -2.93. The highest BCUT2D eigenvalue weighted by Crippen LogP contribution is 2.58. The minimum absolute atomic E-state index is 0.354. The Hall–Kier alpha value is -2.02. The molecule has 7 heteroatoms. The zero-order valence-corrected chi connectivity index (χ0v) is 12.2. The normalized spacial score (nSPS) is 23.0. The molecule has 1 saturated carbocycles. The van der Waals surface area contributed by atoms with Crippen LogP contribution < -0.4 is 5.32 Å². The number of rotatable bonds is 3. The van der Waals surface area contributed by atoms with Gasteiger partial charge < -0.3 is 10.4 Å². The molecule has 3 rings (SSSR count). The molecule has 0 bridgehead atoms. The summed E-state index contributed by atoms with van der Waals surface area (Å²) in [5.41, 5.74) is 0.0418. The van der Waals surface area contributed by atoms with E-state index in [0.29, 0.717) is 15.3 Å². The highest BCUT2D eigenvalue weighted by Gasteiger charge is 2.65. The number of nitrogens with one attached hydrogen (secondary N) is 1. The zero-order valence-electron chi connectivity index (χ0n) is 11.4. The van der Waals surface area contributed by atoms with Crippen molar-refractivity contribution < 1.29 is 19.1 Å². The molecule has 0 unspecified atom stereocenters. The number of benzene rings is 1. The monoisotopic (exact) mass is 308 g/mol. The van der Waals surface area contributed by atoms with Gasteiger partial charge in [-0.2, -0.15) is 0 Å². The molecule has 110 valence electrons. The average molecular weight is 308 g/mol. The molecular formula is C14H13FN2O3S. The van der Waals surface area contributed by atoms with E-state index in [4.69, 9.17) is 5.11 Å². The minimum Gasteiger partial charge on any atom is -0.481 e. The van der Waals surface area contributed by atoms with E-state index in [2.05, 4.69) is 10.3 Å². The third-order valence-electron chi connectivity index (χ3n) is 3.96. The number of aliphatic carboxylic acids is 1. The van der Waals surface area contributed by atoms with Crippen LogP contribution in [0.25, 0.3) is 10.2 Å². The fraction of sp³-hybridized carbons (Fsp3) is 0.357. The van der Waals surface area contributed by atoms with E-state index in [1.54, 1.807) is 13.8 Å². The highest BCUT2D eigenvalue weighted by atomic mass is 32.1. The second kappa shape index (κ2) is 4.49. The van der Waals surface area contributed by atoms with E-state index in [9.17, 15) is 14.0 Å². The van der Waals surface area contributed by atoms with E-state index in [0.717, 1.165) is 11.3 Å². The van der Waals surface area contributed by atoms with Gasteiger partial charge in [0.05, 0.1) is 22.1 Å². The molecule has 2 N–H and O–H groups in total. The van der Waals surface area contributed by atoms with Gasteiger partial charge in [-0.15, -0.1) is 0 Å². The quantitative estimate of drug-likeness (QED) is 0.913. The lowest BCUT2D eigenvalue weighted by atomic mass is 10.1. The molecule has 0 spiro atoms. The molecule has 21 heavy (non-hydrogen) atoms. The van der Waals surface area contributed by atoms with E-state index in [-0.39, 0.29) is 11.7 Å². The lowest BCUT2D eigenvalue weighted by Gasteiger charge is -2.02. The van der Waals surface area contributed by atoms with Crippen LogP contribution in [0.3, 0.4) is 0 Å². The molecule has 1 aromatic heterocycles. The highest BCUT2D eigenvalue weighted by molar-refractivity contribution is 7.22. The molecule has 0 radical (unpaired) electrons. The summed E-state index contributed by atoms with van der Waals surface area (Å²) >= 11 is 1.16. The van der Waals surface area contributed by atoms with Gasteiger partial charge in [-0.3, -0.25) is 9.59 Å². The Morgan fingerprint density at radius 1 is 1.38 bits per heavy atom. The van der Waals surface area contributed by atoms with Crippen molar-refractivity contribution in [2.45, 2.75) is 13.8 Å². The summed E-state index contributed by atoms with van der Waals surface area (Å²) in [6, 6.07) is 4.19. The van der Waals surface area contributed by atoms with Crippen molar-refractivity contribution in [2.24, 2.45) is 17.3 Å². The van der Waals surface area contributed by atoms with Crippen LogP contribution in [-0.2, 0) is 9.59 Å². The van der Waals surface area contributed by atoms with Gasteiger partial charge in [0.15, 0.2) is 5.13 Å². The Morgan fingerprint density at radius 3 is 2.71 bits per heavy atom. The standard InChI is InChI=1S/C14H13FN2O3S/c1-14(2)9(10(14)12(19)20)11(18)17-13-16-7-4-3-6(15)5-8(7)21-13/h3-5,9-10H,1-2H3,(H,19,20)(H,16,17,18)/t9-,10+/m1/s1. The number of halogens is 1. The van der Waals surface area contributed by atoms with E-state index >= 15 is 0 Å². The maximum atomic E-state index is 13.1. The van der Waals surface area contributed by atoms with Crippen LogP contribution in [0, 0.1) is 23.1 Å². The Labute approximate surface area is 123 Å². The number of thiazole rings is 1. The van der Waals surface area contributed by atoms with Crippen LogP contribution >= 0.6 is 11.3 Å². The van der Waals surface area contributed by atoms with Gasteiger partial charge in [-0.25, -0.2) is 9.37 Å². The maximum Gasteiger partial charge on any atom is 0.307 e. The number of carboxylic acids is 1. The average Bonchev–Trinajstić information content (AvgIpc) is 2.75. The number of carboxylic acid groups (broad SMARTS) is 1. The Bertz CT molecular complexity index is 756. The summed E-state index contributed by atoms with van der Waals surface area (Å²) in [6.45, 7) is 3.51. The molecule has 1 heterocycles. The van der Waals surface area contributed by atoms with Crippen molar-refractivity contribution >= 4 is 38.6 Å². The Morgan fingerprint density at radius 2 is 2.10 bits per heavy atom. The van der Waals surface area contributed by atoms with E-state index < -0.39 is 23.2 Å². The van der Waals surface area contributed by atoms with Crippen molar-refractivity contribution in [2.75, 3.05) is 5.32 Å². The first-order chi connectivity index (χ1) is 9.80. The van der Waals surface area contributed by atoms with Crippen LogP contribution in [0.15, 0.2) is 18.2 Å². The molecule has 2 atom stereocenters. The van der Waals surface area contributed by atoms with E-state index in [1.165, 1.54) is 18.2 Å². The molecular weight excluding hydrogens is 295 g/mol. The summed E-state index contributed by atoms with van der Waals surface area (Å²) in [4.78, 5) is 27.4. The molecule has 1 aliphatic rings. The van der Waals surface area contributed by atoms with Crippen LogP contribution in [-0.4, -0.2) is 22.0 Å². The number of carbonyl (C=O) groups is 2. The largest absolute Gasteiger partial charge is 0.481 e. The molecule has 1 amide bonds. The van der Waals surface area contributed by atoms with Gasteiger partial charge in [-0.05, 0) is 23.6 Å². The predicted octanol–water partition coefficient (Wildman–Crippen LogP) is 2.73. The van der Waals surface area contributed by atoms with Gasteiger partial charge in [0.1, 0.15) is 5.82 Å². The van der Waals surface area contributed by atoms with Crippen molar-refractivity contribution in [1.82, 2.24) is 4.98 Å². The molecule has 2 aromatic rings. The first-order valence-corrected chi connectivity index (χ1v) is 7.22. The number of hydrogen-bond acceptors (Lipinski definition) is 4. The third-order valence-corrected chi connectivity index (χ3v) is 4.89. The molecule has 0 saturated heterocycles. The number of aromatic nitrogens is 1. The van der Waals surface area contributed by atoms with Crippen LogP contribution in [0.4, 0.5) is 9.52 Å². The number of anilines is 1. The van der Waals surface area contributed by atoms with Gasteiger partial charge >= 0.3 is 5.97 Å². The summed E-state index contributed by atoms with van der Waals surface area (Å²) in [5, 5.41) is 12.1. The smallest absolute Gasteiger partial charge is 0.307 e. The fourth-order valence-corrected chi connectivity index (χ4v) is 3.62. The first kappa shape index (κ1) is 13.9. The number of nitrogens with zero attached hydrogens (tertiary/aromatic N) is 1. The third kappa shape index (κ3) is 2.27. The van der Waals surface area contributed by atoms with Gasteiger partial charge in [-0.1, -0.05) is 25.2 Å². The number of amides is 1.